The molecule has 1 aromatic carbocycles. The van der Waals surface area contributed by atoms with Crippen molar-refractivity contribution in [2.75, 3.05) is 18.5 Å². The lowest BCUT2D eigenvalue weighted by Gasteiger charge is -2.20. The molecule has 0 atom stereocenters. The topological polar surface area (TPSA) is 137 Å². The number of unbranched alkanes of at least 4 members (excludes halogenated alkanes) is 1. The van der Waals surface area contributed by atoms with Gasteiger partial charge in [0.25, 0.3) is 5.09 Å². The van der Waals surface area contributed by atoms with Crippen molar-refractivity contribution < 1.29 is 34.1 Å². The third kappa shape index (κ3) is 10.2. The summed E-state index contributed by atoms with van der Waals surface area (Å²) in [7, 11) is 0. The summed E-state index contributed by atoms with van der Waals surface area (Å²) < 4.78 is 10.2. The number of nitrogens with one attached hydrogen (secondary N) is 1. The van der Waals surface area contributed by atoms with E-state index >= 15 is 0 Å². The van der Waals surface area contributed by atoms with Gasteiger partial charge >= 0.3 is 12.1 Å². The van der Waals surface area contributed by atoms with E-state index in [0.717, 1.165) is 0 Å². The van der Waals surface area contributed by atoms with Gasteiger partial charge in [-0.25, -0.2) is 4.79 Å². The quantitative estimate of drug-likeness (QED) is 0.265. The molecule has 0 heterocycles. The third-order valence-electron chi connectivity index (χ3n) is 3.33. The highest BCUT2D eigenvalue weighted by Gasteiger charge is 2.18. The minimum atomic E-state index is -0.868. The number of aryl methyl sites for hydroxylation is 1. The highest BCUT2D eigenvalue weighted by atomic mass is 16.9. The van der Waals surface area contributed by atoms with Gasteiger partial charge in [-0.3, -0.25) is 10.1 Å². The second kappa shape index (κ2) is 11.0. The number of carbonyl (C=O) groups excluding carboxylic acids is 2. The van der Waals surface area contributed by atoms with Gasteiger partial charge < -0.3 is 19.4 Å². The number of ether oxygens (including phenoxy) is 2. The van der Waals surface area contributed by atoms with E-state index in [1.807, 2.05) is 0 Å². The molecule has 0 radical (unpaired) electrons. The van der Waals surface area contributed by atoms with Crippen LogP contribution >= 0.6 is 0 Å². The average molecular weight is 398 g/mol. The van der Waals surface area contributed by atoms with Crippen molar-refractivity contribution in [2.45, 2.75) is 52.1 Å². The van der Waals surface area contributed by atoms with Gasteiger partial charge in [0.2, 0.25) is 0 Å². The maximum absolute atomic E-state index is 11.9. The number of benzene rings is 1. The zero-order valence-corrected chi connectivity index (χ0v) is 16.2. The van der Waals surface area contributed by atoms with Gasteiger partial charge in [-0.15, -0.1) is 10.1 Å². The van der Waals surface area contributed by atoms with Crippen molar-refractivity contribution in [3.8, 4) is 5.75 Å². The predicted molar refractivity (Wildman–Crippen MR) is 99.4 cm³/mol. The normalized spacial score (nSPS) is 10.8. The smallest absolute Gasteiger partial charge is 0.412 e. The Morgan fingerprint density at radius 3 is 2.54 bits per heavy atom. The summed E-state index contributed by atoms with van der Waals surface area (Å²) in [5, 5.41) is 21.3. The number of phenolic OH excluding ortho intramolecular Hbond substituents is 1. The van der Waals surface area contributed by atoms with Crippen LogP contribution in [0.4, 0.5) is 10.5 Å². The van der Waals surface area contributed by atoms with E-state index < -0.39 is 22.8 Å². The van der Waals surface area contributed by atoms with Crippen LogP contribution in [0.3, 0.4) is 0 Å². The molecule has 1 amide bonds. The number of esters is 1. The van der Waals surface area contributed by atoms with Crippen molar-refractivity contribution in [1.29, 1.82) is 0 Å². The molecule has 0 spiro atoms. The molecule has 0 aliphatic carbocycles. The number of hydrogen-bond donors (Lipinski definition) is 2. The van der Waals surface area contributed by atoms with E-state index in [0.29, 0.717) is 24.1 Å². The SMILES string of the molecule is CC(C)(C)OC(=O)Nc1cc(O)ccc1CCC(=O)OCCCCO[N+](=O)[O-]. The molecule has 1 aromatic rings. The van der Waals surface area contributed by atoms with Gasteiger partial charge in [0.15, 0.2) is 0 Å². The Morgan fingerprint density at radius 2 is 1.89 bits per heavy atom. The van der Waals surface area contributed by atoms with E-state index in [2.05, 4.69) is 10.2 Å². The number of nitrogens with zero attached hydrogens (tertiary/aromatic N) is 1. The van der Waals surface area contributed by atoms with Crippen LogP contribution in [-0.2, 0) is 25.5 Å². The summed E-state index contributed by atoms with van der Waals surface area (Å²) in [6.07, 6.45) is 0.535. The first kappa shape index (κ1) is 23.0. The van der Waals surface area contributed by atoms with Crippen LogP contribution in [0.2, 0.25) is 0 Å². The molecule has 0 saturated heterocycles. The minimum absolute atomic E-state index is 0.0330. The van der Waals surface area contributed by atoms with Crippen molar-refractivity contribution in [1.82, 2.24) is 0 Å². The van der Waals surface area contributed by atoms with E-state index in [4.69, 9.17) is 9.47 Å². The van der Waals surface area contributed by atoms with Gasteiger partial charge in [0.05, 0.1) is 18.9 Å². The first-order valence-corrected chi connectivity index (χ1v) is 8.81. The van der Waals surface area contributed by atoms with Crippen molar-refractivity contribution in [2.24, 2.45) is 0 Å². The number of aromatic hydroxyl groups is 1. The Kier molecular flexibility index (Phi) is 9.00. The van der Waals surface area contributed by atoms with Crippen LogP contribution in [0.1, 0.15) is 45.6 Å². The van der Waals surface area contributed by atoms with E-state index in [1.54, 1.807) is 26.8 Å². The van der Waals surface area contributed by atoms with Crippen molar-refractivity contribution in [3.05, 3.63) is 33.9 Å². The predicted octanol–water partition coefficient (Wildman–Crippen LogP) is 3.20. The molecule has 10 heteroatoms. The largest absolute Gasteiger partial charge is 0.508 e. The molecule has 0 unspecified atom stereocenters. The molecule has 0 aliphatic rings. The summed E-state index contributed by atoms with van der Waals surface area (Å²) in [5.74, 6) is -0.471. The van der Waals surface area contributed by atoms with Crippen LogP contribution < -0.4 is 5.32 Å². The van der Waals surface area contributed by atoms with E-state index in [-0.39, 0.29) is 31.8 Å². The zero-order valence-electron chi connectivity index (χ0n) is 16.2. The fraction of sp³-hybridized carbons (Fsp3) is 0.556. The second-order valence-electron chi connectivity index (χ2n) is 6.95. The zero-order chi connectivity index (χ0) is 21.2. The second-order valence-corrected chi connectivity index (χ2v) is 6.95. The van der Waals surface area contributed by atoms with Crippen LogP contribution in [0.25, 0.3) is 0 Å². The lowest BCUT2D eigenvalue weighted by molar-refractivity contribution is -0.757. The van der Waals surface area contributed by atoms with Gasteiger partial charge in [-0.1, -0.05) is 6.07 Å². The fourth-order valence-electron chi connectivity index (χ4n) is 2.15. The van der Waals surface area contributed by atoms with Gasteiger partial charge in [0.1, 0.15) is 11.4 Å². The molecule has 28 heavy (non-hydrogen) atoms. The van der Waals surface area contributed by atoms with Crippen LogP contribution in [0.15, 0.2) is 18.2 Å². The fourth-order valence-corrected chi connectivity index (χ4v) is 2.15. The Balaban J connectivity index is 2.47. The van der Waals surface area contributed by atoms with Gasteiger partial charge in [-0.05, 0) is 51.7 Å². The Bertz CT molecular complexity index is 685. The highest BCUT2D eigenvalue weighted by Crippen LogP contribution is 2.24. The van der Waals surface area contributed by atoms with Crippen LogP contribution in [-0.4, -0.2) is 41.1 Å². The monoisotopic (exact) mass is 398 g/mol. The van der Waals surface area contributed by atoms with Crippen molar-refractivity contribution in [3.63, 3.8) is 0 Å². The molecule has 0 bridgehead atoms. The molecule has 156 valence electrons. The Labute approximate surface area is 162 Å². The molecule has 0 fully saturated rings. The molecule has 2 N–H and O–H groups in total. The van der Waals surface area contributed by atoms with Crippen LogP contribution in [0.5, 0.6) is 5.75 Å². The average Bonchev–Trinajstić information content (AvgIpc) is 2.55. The van der Waals surface area contributed by atoms with Crippen molar-refractivity contribution >= 4 is 17.7 Å². The lowest BCUT2D eigenvalue weighted by atomic mass is 10.1. The number of carbonyl (C=O) groups is 2. The molecule has 0 saturated carbocycles. The van der Waals surface area contributed by atoms with Crippen LogP contribution in [0, 0.1) is 10.1 Å². The number of amides is 1. The number of hydrogen-bond acceptors (Lipinski definition) is 8. The summed E-state index contributed by atoms with van der Waals surface area (Å²) in [6.45, 7) is 5.29. The number of phenols is 1. The number of rotatable bonds is 10. The van der Waals surface area contributed by atoms with E-state index in [9.17, 15) is 24.8 Å². The third-order valence-corrected chi connectivity index (χ3v) is 3.33. The summed E-state index contributed by atoms with van der Waals surface area (Å²) >= 11 is 0. The van der Waals surface area contributed by atoms with E-state index in [1.165, 1.54) is 12.1 Å². The Hall–Kier alpha value is -3.04. The highest BCUT2D eigenvalue weighted by molar-refractivity contribution is 5.86. The molecule has 0 aromatic heterocycles. The molecule has 1 rings (SSSR count). The maximum atomic E-state index is 11.9. The lowest BCUT2D eigenvalue weighted by Crippen LogP contribution is -2.27. The maximum Gasteiger partial charge on any atom is 0.412 e. The molecular formula is C18H26N2O8. The Morgan fingerprint density at radius 1 is 1.21 bits per heavy atom. The summed E-state index contributed by atoms with van der Waals surface area (Å²) in [5.41, 5.74) is 0.314. The summed E-state index contributed by atoms with van der Waals surface area (Å²) in [4.78, 5) is 37.9. The molecular weight excluding hydrogens is 372 g/mol. The van der Waals surface area contributed by atoms with Gasteiger partial charge in [-0.2, -0.15) is 0 Å². The van der Waals surface area contributed by atoms with Gasteiger partial charge in [0, 0.05) is 12.5 Å². The molecule has 0 aliphatic heterocycles. The number of anilines is 1. The first-order valence-electron chi connectivity index (χ1n) is 8.81. The minimum Gasteiger partial charge on any atom is -0.508 e. The first-order chi connectivity index (χ1) is 13.1. The standard InChI is InChI=1S/C18H26N2O8/c1-18(2,3)28-17(23)19-15-12-14(21)8-6-13(15)7-9-16(22)26-10-4-5-11-27-20(24)25/h6,8,12,21H,4-5,7,9-11H2,1-3H3,(H,19,23). The molecule has 10 nitrogen and oxygen atoms in total. The summed E-state index contributed by atoms with van der Waals surface area (Å²) in [6, 6.07) is 4.43.